The van der Waals surface area contributed by atoms with Crippen LogP contribution in [0.2, 0.25) is 5.02 Å². The van der Waals surface area contributed by atoms with Gasteiger partial charge in [-0.2, -0.15) is 0 Å². The molecule has 0 spiro atoms. The van der Waals surface area contributed by atoms with Crippen LogP contribution in [0.15, 0.2) is 42.6 Å². The first-order chi connectivity index (χ1) is 9.72. The lowest BCUT2D eigenvalue weighted by molar-refractivity contribution is -0.119. The number of halogens is 1. The molecule has 20 heavy (non-hydrogen) atoms. The van der Waals surface area contributed by atoms with Crippen molar-refractivity contribution in [1.82, 2.24) is 4.98 Å². The van der Waals surface area contributed by atoms with Crippen molar-refractivity contribution < 1.29 is 4.79 Å². The van der Waals surface area contributed by atoms with E-state index in [1.165, 1.54) is 11.8 Å². The van der Waals surface area contributed by atoms with E-state index in [9.17, 15) is 4.79 Å². The number of nitrogens with one attached hydrogen (secondary N) is 2. The quantitative estimate of drug-likeness (QED) is 0.893. The number of carbonyl (C=O) groups excluding carboxylic acids is 1. The lowest BCUT2D eigenvalue weighted by Crippen LogP contribution is -2.33. The molecular weight excluding hydrogens is 274 g/mol. The number of hydrogen-bond donors (Lipinski definition) is 2. The van der Waals surface area contributed by atoms with E-state index in [0.717, 1.165) is 12.1 Å². The van der Waals surface area contributed by atoms with E-state index < -0.39 is 0 Å². The summed E-state index contributed by atoms with van der Waals surface area (Å²) in [6.07, 6.45) is 2.26. The van der Waals surface area contributed by atoms with Crippen molar-refractivity contribution in [2.24, 2.45) is 5.92 Å². The summed E-state index contributed by atoms with van der Waals surface area (Å²) in [4.78, 5) is 16.3. The molecule has 0 fully saturated rings. The van der Waals surface area contributed by atoms with Gasteiger partial charge in [0.1, 0.15) is 5.82 Å². The third kappa shape index (κ3) is 2.75. The van der Waals surface area contributed by atoms with E-state index in [-0.39, 0.29) is 11.8 Å². The Kier molecular flexibility index (Phi) is 3.56. The number of anilines is 2. The summed E-state index contributed by atoms with van der Waals surface area (Å²) in [6.45, 7) is 0.635. The highest BCUT2D eigenvalue weighted by Gasteiger charge is 2.24. The SMILES string of the molecule is O=C(Nc1ccc(Cl)cn1)C1CNc2ccccc2C1. The van der Waals surface area contributed by atoms with E-state index in [4.69, 9.17) is 11.6 Å². The summed E-state index contributed by atoms with van der Waals surface area (Å²) in [5.41, 5.74) is 2.28. The van der Waals surface area contributed by atoms with Crippen molar-refractivity contribution in [2.75, 3.05) is 17.2 Å². The van der Waals surface area contributed by atoms with Crippen molar-refractivity contribution in [3.63, 3.8) is 0 Å². The van der Waals surface area contributed by atoms with E-state index in [1.54, 1.807) is 12.1 Å². The number of para-hydroxylation sites is 1. The topological polar surface area (TPSA) is 54.0 Å². The zero-order valence-electron chi connectivity index (χ0n) is 10.8. The molecule has 1 aliphatic rings. The van der Waals surface area contributed by atoms with Gasteiger partial charge in [-0.05, 0) is 30.2 Å². The molecule has 1 aromatic carbocycles. The van der Waals surface area contributed by atoms with Crippen LogP contribution in [0.1, 0.15) is 5.56 Å². The van der Waals surface area contributed by atoms with Crippen LogP contribution in [0.4, 0.5) is 11.5 Å². The summed E-state index contributed by atoms with van der Waals surface area (Å²) in [7, 11) is 0. The van der Waals surface area contributed by atoms with Crippen molar-refractivity contribution in [3.8, 4) is 0 Å². The van der Waals surface area contributed by atoms with E-state index in [0.29, 0.717) is 17.4 Å². The van der Waals surface area contributed by atoms with Gasteiger partial charge in [-0.25, -0.2) is 4.98 Å². The Morgan fingerprint density at radius 1 is 1.30 bits per heavy atom. The Balaban J connectivity index is 1.68. The minimum Gasteiger partial charge on any atom is -0.384 e. The number of pyridine rings is 1. The molecule has 5 heteroatoms. The average Bonchev–Trinajstić information content (AvgIpc) is 2.49. The van der Waals surface area contributed by atoms with Gasteiger partial charge in [0.05, 0.1) is 10.9 Å². The van der Waals surface area contributed by atoms with Crippen molar-refractivity contribution in [1.29, 1.82) is 0 Å². The fourth-order valence-electron chi connectivity index (χ4n) is 2.30. The summed E-state index contributed by atoms with van der Waals surface area (Å²) >= 11 is 5.77. The van der Waals surface area contributed by atoms with Crippen LogP contribution in [0.3, 0.4) is 0 Å². The number of amides is 1. The maximum atomic E-state index is 12.2. The van der Waals surface area contributed by atoms with Gasteiger partial charge >= 0.3 is 0 Å². The minimum absolute atomic E-state index is 0.0261. The fraction of sp³-hybridized carbons (Fsp3) is 0.200. The molecule has 0 saturated heterocycles. The third-order valence-electron chi connectivity index (χ3n) is 3.37. The van der Waals surface area contributed by atoms with Gasteiger partial charge in [-0.1, -0.05) is 29.8 Å². The Hall–Kier alpha value is -2.07. The van der Waals surface area contributed by atoms with Crippen LogP contribution in [0.5, 0.6) is 0 Å². The smallest absolute Gasteiger partial charge is 0.230 e. The molecule has 2 aromatic rings. The molecule has 0 bridgehead atoms. The van der Waals surface area contributed by atoms with Crippen molar-refractivity contribution in [3.05, 3.63) is 53.2 Å². The number of rotatable bonds is 2. The molecule has 2 N–H and O–H groups in total. The molecule has 4 nitrogen and oxygen atoms in total. The molecule has 2 heterocycles. The van der Waals surface area contributed by atoms with Crippen molar-refractivity contribution in [2.45, 2.75) is 6.42 Å². The Morgan fingerprint density at radius 2 is 2.15 bits per heavy atom. The van der Waals surface area contributed by atoms with Gasteiger partial charge in [0, 0.05) is 18.4 Å². The lowest BCUT2D eigenvalue weighted by Gasteiger charge is -2.25. The van der Waals surface area contributed by atoms with Crippen molar-refractivity contribution >= 4 is 29.0 Å². The highest BCUT2D eigenvalue weighted by molar-refractivity contribution is 6.30. The molecule has 1 amide bonds. The lowest BCUT2D eigenvalue weighted by atomic mass is 9.93. The van der Waals surface area contributed by atoms with Gasteiger partial charge in [-0.15, -0.1) is 0 Å². The molecule has 3 rings (SSSR count). The summed E-state index contributed by atoms with van der Waals surface area (Å²) in [5.74, 6) is 0.405. The van der Waals surface area contributed by atoms with Gasteiger partial charge in [0.2, 0.25) is 5.91 Å². The number of hydrogen-bond acceptors (Lipinski definition) is 3. The maximum absolute atomic E-state index is 12.2. The molecule has 102 valence electrons. The Labute approximate surface area is 122 Å². The second-order valence-corrected chi connectivity index (χ2v) is 5.23. The number of benzene rings is 1. The molecular formula is C15H14ClN3O. The highest BCUT2D eigenvalue weighted by atomic mass is 35.5. The third-order valence-corrected chi connectivity index (χ3v) is 3.60. The molecule has 1 atom stereocenters. The van der Waals surface area contributed by atoms with Gasteiger partial charge in [0.25, 0.3) is 0 Å². The van der Waals surface area contributed by atoms with Gasteiger partial charge < -0.3 is 10.6 Å². The normalized spacial score (nSPS) is 16.9. The standard InChI is InChI=1S/C15H14ClN3O/c16-12-5-6-14(18-9-12)19-15(20)11-7-10-3-1-2-4-13(10)17-8-11/h1-6,9,11,17H,7-8H2,(H,18,19,20). The van der Waals surface area contributed by atoms with Crippen LogP contribution < -0.4 is 10.6 Å². The molecule has 1 aliphatic heterocycles. The van der Waals surface area contributed by atoms with E-state index in [2.05, 4.69) is 15.6 Å². The second kappa shape index (κ2) is 5.51. The summed E-state index contributed by atoms with van der Waals surface area (Å²) in [6, 6.07) is 11.5. The van der Waals surface area contributed by atoms with Gasteiger partial charge in [0.15, 0.2) is 0 Å². The molecule has 0 saturated carbocycles. The molecule has 0 radical (unpaired) electrons. The van der Waals surface area contributed by atoms with Crippen LogP contribution in [-0.2, 0) is 11.2 Å². The number of aromatic nitrogens is 1. The Bertz CT molecular complexity index is 627. The minimum atomic E-state index is -0.0950. The fourth-order valence-corrected chi connectivity index (χ4v) is 2.42. The summed E-state index contributed by atoms with van der Waals surface area (Å²) in [5, 5.41) is 6.66. The van der Waals surface area contributed by atoms with Gasteiger partial charge in [-0.3, -0.25) is 4.79 Å². The second-order valence-electron chi connectivity index (χ2n) is 4.79. The zero-order chi connectivity index (χ0) is 13.9. The average molecular weight is 288 g/mol. The van der Waals surface area contributed by atoms with Crippen LogP contribution in [-0.4, -0.2) is 17.4 Å². The first-order valence-corrected chi connectivity index (χ1v) is 6.84. The predicted octanol–water partition coefficient (Wildman–Crippen LogP) is 2.96. The predicted molar refractivity (Wildman–Crippen MR) is 80.0 cm³/mol. The van der Waals surface area contributed by atoms with E-state index in [1.807, 2.05) is 24.3 Å². The number of nitrogens with zero attached hydrogens (tertiary/aromatic N) is 1. The zero-order valence-corrected chi connectivity index (χ0v) is 11.5. The maximum Gasteiger partial charge on any atom is 0.230 e. The monoisotopic (exact) mass is 287 g/mol. The molecule has 0 aliphatic carbocycles. The van der Waals surface area contributed by atoms with Crippen LogP contribution in [0.25, 0.3) is 0 Å². The van der Waals surface area contributed by atoms with E-state index >= 15 is 0 Å². The number of carbonyl (C=O) groups is 1. The first kappa shape index (κ1) is 12.9. The van der Waals surface area contributed by atoms with Crippen LogP contribution >= 0.6 is 11.6 Å². The Morgan fingerprint density at radius 3 is 2.95 bits per heavy atom. The molecule has 1 aromatic heterocycles. The largest absolute Gasteiger partial charge is 0.384 e. The number of fused-ring (bicyclic) bond motifs is 1. The summed E-state index contributed by atoms with van der Waals surface area (Å²) < 4.78 is 0. The molecule has 1 unspecified atom stereocenters. The highest BCUT2D eigenvalue weighted by Crippen LogP contribution is 2.24. The first-order valence-electron chi connectivity index (χ1n) is 6.46. The van der Waals surface area contributed by atoms with Crippen LogP contribution in [0, 0.1) is 5.92 Å².